The zero-order chi connectivity index (χ0) is 47.2. The molecule has 6 nitrogen and oxygen atoms in total. The summed E-state index contributed by atoms with van der Waals surface area (Å²) in [4.78, 5) is 38.0. The SMILES string of the molecule is CCCC/C=C\CCCCCCC(=O)OCC(COC(=O)CCCCCCCCCCCC/C=C\C=C/CCCCC)OC(=O)CCCCCCC\C=C/C=C\C=C/CCCCCCC. The molecule has 0 aromatic heterocycles. The number of hydrogen-bond acceptors (Lipinski definition) is 6. The van der Waals surface area contributed by atoms with E-state index in [0.29, 0.717) is 19.3 Å². The maximum absolute atomic E-state index is 12.8. The molecule has 0 spiro atoms. The van der Waals surface area contributed by atoms with E-state index >= 15 is 0 Å². The molecule has 0 amide bonds. The minimum absolute atomic E-state index is 0.0891. The molecule has 374 valence electrons. The maximum Gasteiger partial charge on any atom is 0.306 e. The van der Waals surface area contributed by atoms with Gasteiger partial charge in [0.05, 0.1) is 0 Å². The van der Waals surface area contributed by atoms with Crippen molar-refractivity contribution in [2.45, 2.75) is 271 Å². The molecule has 0 aliphatic rings. The Bertz CT molecular complexity index is 1230. The normalized spacial score (nSPS) is 12.6. The minimum Gasteiger partial charge on any atom is -0.462 e. The summed E-state index contributed by atoms with van der Waals surface area (Å²) >= 11 is 0. The first-order valence-corrected chi connectivity index (χ1v) is 27.5. The highest BCUT2D eigenvalue weighted by Gasteiger charge is 2.19. The van der Waals surface area contributed by atoms with Crippen molar-refractivity contribution in [3.63, 3.8) is 0 Å². The molecule has 0 heterocycles. The van der Waals surface area contributed by atoms with Gasteiger partial charge in [0.15, 0.2) is 6.10 Å². The number of esters is 3. The Labute approximate surface area is 402 Å². The second kappa shape index (κ2) is 53.5. The van der Waals surface area contributed by atoms with E-state index < -0.39 is 6.10 Å². The van der Waals surface area contributed by atoms with E-state index in [1.165, 1.54) is 122 Å². The predicted octanol–water partition coefficient (Wildman–Crippen LogP) is 18.2. The van der Waals surface area contributed by atoms with Crippen LogP contribution in [0.3, 0.4) is 0 Å². The largest absolute Gasteiger partial charge is 0.462 e. The quantitative estimate of drug-likeness (QED) is 0.0199. The van der Waals surface area contributed by atoms with Gasteiger partial charge in [-0.3, -0.25) is 14.4 Å². The zero-order valence-electron chi connectivity index (χ0n) is 42.7. The highest BCUT2D eigenvalue weighted by Crippen LogP contribution is 2.15. The Balaban J connectivity index is 4.37. The van der Waals surface area contributed by atoms with Gasteiger partial charge in [0.1, 0.15) is 13.2 Å². The van der Waals surface area contributed by atoms with E-state index in [9.17, 15) is 14.4 Å². The van der Waals surface area contributed by atoms with E-state index in [0.717, 1.165) is 103 Å². The molecule has 0 N–H and O–H groups in total. The number of hydrogen-bond donors (Lipinski definition) is 0. The van der Waals surface area contributed by atoms with Gasteiger partial charge in [0.2, 0.25) is 0 Å². The average molecular weight is 907 g/mol. The zero-order valence-corrected chi connectivity index (χ0v) is 42.7. The van der Waals surface area contributed by atoms with Gasteiger partial charge in [-0.25, -0.2) is 0 Å². The highest BCUT2D eigenvalue weighted by atomic mass is 16.6. The highest BCUT2D eigenvalue weighted by molar-refractivity contribution is 5.71. The third-order valence-corrected chi connectivity index (χ3v) is 11.7. The first-order valence-electron chi connectivity index (χ1n) is 27.5. The molecule has 65 heavy (non-hydrogen) atoms. The van der Waals surface area contributed by atoms with E-state index in [-0.39, 0.29) is 31.1 Å². The molecule has 0 saturated heterocycles. The van der Waals surface area contributed by atoms with Crippen LogP contribution in [0, 0.1) is 0 Å². The van der Waals surface area contributed by atoms with Gasteiger partial charge in [0, 0.05) is 19.3 Å². The van der Waals surface area contributed by atoms with Gasteiger partial charge in [-0.15, -0.1) is 0 Å². The van der Waals surface area contributed by atoms with Gasteiger partial charge in [-0.1, -0.05) is 229 Å². The Morgan fingerprint density at radius 2 is 0.585 bits per heavy atom. The summed E-state index contributed by atoms with van der Waals surface area (Å²) in [6.07, 6.45) is 67.4. The lowest BCUT2D eigenvalue weighted by Crippen LogP contribution is -2.30. The molecule has 0 saturated carbocycles. The molecule has 0 radical (unpaired) electrons. The number of ether oxygens (including phenoxy) is 3. The Kier molecular flexibility index (Phi) is 50.9. The number of carbonyl (C=O) groups is 3. The summed E-state index contributed by atoms with van der Waals surface area (Å²) < 4.78 is 16.8. The van der Waals surface area contributed by atoms with Crippen molar-refractivity contribution in [1.29, 1.82) is 0 Å². The van der Waals surface area contributed by atoms with Gasteiger partial charge in [0.25, 0.3) is 0 Å². The van der Waals surface area contributed by atoms with Gasteiger partial charge < -0.3 is 14.2 Å². The van der Waals surface area contributed by atoms with Crippen LogP contribution in [0.1, 0.15) is 265 Å². The summed E-state index contributed by atoms with van der Waals surface area (Å²) in [6, 6.07) is 0. The van der Waals surface area contributed by atoms with E-state index in [1.54, 1.807) is 0 Å². The number of unbranched alkanes of at least 4 members (excludes halogenated alkanes) is 29. The first kappa shape index (κ1) is 61.9. The fraction of sp³-hybridized carbons (Fsp3) is 0.746. The van der Waals surface area contributed by atoms with Crippen LogP contribution in [-0.4, -0.2) is 37.2 Å². The molecule has 0 aliphatic carbocycles. The minimum atomic E-state index is -0.791. The van der Waals surface area contributed by atoms with Gasteiger partial charge in [-0.2, -0.15) is 0 Å². The van der Waals surface area contributed by atoms with Crippen molar-refractivity contribution in [2.75, 3.05) is 13.2 Å². The van der Waals surface area contributed by atoms with E-state index in [1.807, 2.05) is 0 Å². The van der Waals surface area contributed by atoms with Crippen LogP contribution in [0.25, 0.3) is 0 Å². The predicted molar refractivity (Wildman–Crippen MR) is 279 cm³/mol. The lowest BCUT2D eigenvalue weighted by molar-refractivity contribution is -0.167. The molecular formula is C59H102O6. The fourth-order valence-electron chi connectivity index (χ4n) is 7.53. The van der Waals surface area contributed by atoms with Crippen LogP contribution in [-0.2, 0) is 28.6 Å². The molecular weight excluding hydrogens is 805 g/mol. The smallest absolute Gasteiger partial charge is 0.306 e. The lowest BCUT2D eigenvalue weighted by Gasteiger charge is -2.18. The topological polar surface area (TPSA) is 78.9 Å². The molecule has 1 atom stereocenters. The second-order valence-electron chi connectivity index (χ2n) is 18.2. The molecule has 0 bridgehead atoms. The molecule has 6 heteroatoms. The summed E-state index contributed by atoms with van der Waals surface area (Å²) in [5.41, 5.74) is 0. The molecule has 0 rings (SSSR count). The lowest BCUT2D eigenvalue weighted by atomic mass is 10.1. The summed E-state index contributed by atoms with van der Waals surface area (Å²) in [5.74, 6) is -0.922. The Morgan fingerprint density at radius 3 is 0.985 bits per heavy atom. The van der Waals surface area contributed by atoms with Crippen LogP contribution < -0.4 is 0 Å². The van der Waals surface area contributed by atoms with Crippen LogP contribution in [0.15, 0.2) is 72.9 Å². The summed E-state index contributed by atoms with van der Waals surface area (Å²) in [7, 11) is 0. The summed E-state index contributed by atoms with van der Waals surface area (Å²) in [6.45, 7) is 6.53. The van der Waals surface area contributed by atoms with E-state index in [4.69, 9.17) is 14.2 Å². The van der Waals surface area contributed by atoms with Crippen molar-refractivity contribution < 1.29 is 28.6 Å². The standard InChI is InChI=1S/C59H102O6/c1-4-7-10-13-16-19-22-24-26-28-30-32-33-35-37-40-43-46-49-52-58(61)64-55-56(54-63-57(60)51-48-45-42-39-21-18-15-12-9-6-3)65-59(62)53-50-47-44-41-38-36-34-31-29-27-25-23-20-17-14-11-8-5-2/h15-16,18-19,22-25,27,29,31,34,56H,4-14,17,20-21,26,28,30,32-33,35-55H2,1-3H3/b18-15-,19-16-,24-22-,25-23-,29-27-,34-31-. The molecule has 0 aromatic carbocycles. The molecule has 0 fully saturated rings. The van der Waals surface area contributed by atoms with Crippen molar-refractivity contribution in [3.05, 3.63) is 72.9 Å². The van der Waals surface area contributed by atoms with Crippen LogP contribution in [0.4, 0.5) is 0 Å². The van der Waals surface area contributed by atoms with Crippen LogP contribution >= 0.6 is 0 Å². The molecule has 0 aliphatic heterocycles. The Morgan fingerprint density at radius 1 is 0.308 bits per heavy atom. The van der Waals surface area contributed by atoms with Crippen molar-refractivity contribution in [2.24, 2.45) is 0 Å². The maximum atomic E-state index is 12.8. The third-order valence-electron chi connectivity index (χ3n) is 11.7. The van der Waals surface area contributed by atoms with E-state index in [2.05, 4.69) is 93.7 Å². The second-order valence-corrected chi connectivity index (χ2v) is 18.2. The van der Waals surface area contributed by atoms with Gasteiger partial charge >= 0.3 is 17.9 Å². The van der Waals surface area contributed by atoms with Crippen LogP contribution in [0.2, 0.25) is 0 Å². The first-order chi connectivity index (χ1) is 32.0. The average Bonchev–Trinajstić information content (AvgIpc) is 3.30. The monoisotopic (exact) mass is 907 g/mol. The number of allylic oxidation sites excluding steroid dienone is 12. The fourth-order valence-corrected chi connectivity index (χ4v) is 7.53. The van der Waals surface area contributed by atoms with Crippen molar-refractivity contribution in [3.8, 4) is 0 Å². The Hall–Kier alpha value is -3.15. The van der Waals surface area contributed by atoms with Gasteiger partial charge in [-0.05, 0) is 89.9 Å². The molecule has 1 unspecified atom stereocenters. The number of rotatable bonds is 49. The summed E-state index contributed by atoms with van der Waals surface area (Å²) in [5, 5.41) is 0. The number of carbonyl (C=O) groups excluding carboxylic acids is 3. The van der Waals surface area contributed by atoms with Crippen molar-refractivity contribution >= 4 is 17.9 Å². The molecule has 0 aromatic rings. The van der Waals surface area contributed by atoms with Crippen LogP contribution in [0.5, 0.6) is 0 Å². The third kappa shape index (κ3) is 51.7. The van der Waals surface area contributed by atoms with Crippen molar-refractivity contribution in [1.82, 2.24) is 0 Å².